The standard InChI is InChI=1S/C19H15BrCl2N2O2.C17H11BrCl2N2O2/c1-3-26-19(25)17-11(2)18(12-4-6-13(20)7-5-12)24(23-17)16-9-8-14(21)10-15(16)22;1-9-15(17(23)24)21-22(14-7-6-12(19)8-13(14)20)16(9)10-2-4-11(18)5-3-10/h4-10H,3H2,1-2H3;2-8H,1H3,(H,23,24). The van der Waals surface area contributed by atoms with Crippen LogP contribution < -0.4 is 0 Å². The molecule has 0 unspecified atom stereocenters. The van der Waals surface area contributed by atoms with E-state index in [1.165, 1.54) is 0 Å². The molecule has 0 aliphatic rings. The third kappa shape index (κ3) is 8.12. The maximum Gasteiger partial charge on any atom is 0.359 e. The zero-order valence-electron chi connectivity index (χ0n) is 26.5. The predicted molar refractivity (Wildman–Crippen MR) is 206 cm³/mol. The maximum absolute atomic E-state index is 12.3. The Morgan fingerprint density at radius 3 is 1.46 bits per heavy atom. The van der Waals surface area contributed by atoms with Crippen LogP contribution in [0.5, 0.6) is 0 Å². The molecule has 50 heavy (non-hydrogen) atoms. The van der Waals surface area contributed by atoms with Gasteiger partial charge in [0.2, 0.25) is 0 Å². The number of rotatable bonds is 7. The van der Waals surface area contributed by atoms with Crippen LogP contribution in [0.15, 0.2) is 93.9 Å². The second kappa shape index (κ2) is 16.1. The van der Waals surface area contributed by atoms with Crippen molar-refractivity contribution >= 4 is 90.2 Å². The van der Waals surface area contributed by atoms with Crippen molar-refractivity contribution in [2.24, 2.45) is 0 Å². The number of halogens is 6. The number of hydrogen-bond donors (Lipinski definition) is 1. The average molecular weight is 880 g/mol. The topological polar surface area (TPSA) is 99.2 Å². The molecule has 14 heteroatoms. The summed E-state index contributed by atoms with van der Waals surface area (Å²) in [5.41, 5.74) is 5.90. The Bertz CT molecular complexity index is 2220. The van der Waals surface area contributed by atoms with E-state index >= 15 is 0 Å². The molecule has 0 atom stereocenters. The molecular formula is C36H26Br2Cl4N4O4. The van der Waals surface area contributed by atoms with Gasteiger partial charge in [0, 0.05) is 41.2 Å². The van der Waals surface area contributed by atoms with Gasteiger partial charge in [0.15, 0.2) is 11.4 Å². The summed E-state index contributed by atoms with van der Waals surface area (Å²) in [6.07, 6.45) is 0. The first-order chi connectivity index (χ1) is 23.8. The van der Waals surface area contributed by atoms with Gasteiger partial charge in [-0.15, -0.1) is 0 Å². The third-order valence-corrected chi connectivity index (χ3v) is 9.56. The second-order valence-corrected chi connectivity index (χ2v) is 14.2. The van der Waals surface area contributed by atoms with E-state index in [-0.39, 0.29) is 18.0 Å². The number of carbonyl (C=O) groups excluding carboxylic acids is 1. The van der Waals surface area contributed by atoms with Crippen LogP contribution in [0.3, 0.4) is 0 Å². The normalized spacial score (nSPS) is 10.8. The zero-order valence-corrected chi connectivity index (χ0v) is 32.7. The Hall–Kier alpha value is -3.64. The van der Waals surface area contributed by atoms with Crippen molar-refractivity contribution in [1.82, 2.24) is 19.6 Å². The SMILES string of the molecule is CCOC(=O)c1nn(-c2ccc(Cl)cc2Cl)c(-c2ccc(Br)cc2)c1C.Cc1c(C(=O)O)nn(-c2ccc(Cl)cc2Cl)c1-c1ccc(Br)cc1. The number of hydrogen-bond acceptors (Lipinski definition) is 5. The van der Waals surface area contributed by atoms with Crippen molar-refractivity contribution in [3.8, 4) is 33.9 Å². The number of esters is 1. The molecule has 1 N–H and O–H groups in total. The molecule has 0 saturated heterocycles. The van der Waals surface area contributed by atoms with Gasteiger partial charge in [-0.2, -0.15) is 10.2 Å². The first-order valence-corrected chi connectivity index (χ1v) is 17.9. The van der Waals surface area contributed by atoms with E-state index in [9.17, 15) is 14.7 Å². The maximum atomic E-state index is 12.3. The van der Waals surface area contributed by atoms with Gasteiger partial charge in [0.1, 0.15) is 0 Å². The monoisotopic (exact) mass is 876 g/mol. The van der Waals surface area contributed by atoms with Gasteiger partial charge in [0.25, 0.3) is 0 Å². The Kier molecular flexibility index (Phi) is 12.1. The molecule has 256 valence electrons. The summed E-state index contributed by atoms with van der Waals surface area (Å²) in [5, 5.41) is 20.0. The van der Waals surface area contributed by atoms with Crippen LogP contribution in [0, 0.1) is 13.8 Å². The summed E-state index contributed by atoms with van der Waals surface area (Å²) in [6.45, 7) is 5.61. The number of ether oxygens (including phenoxy) is 1. The highest BCUT2D eigenvalue weighted by molar-refractivity contribution is 9.10. The summed E-state index contributed by atoms with van der Waals surface area (Å²) >= 11 is 31.5. The molecular weight excluding hydrogens is 854 g/mol. The minimum atomic E-state index is -1.09. The summed E-state index contributed by atoms with van der Waals surface area (Å²) in [7, 11) is 0. The Morgan fingerprint density at radius 1 is 0.680 bits per heavy atom. The van der Waals surface area contributed by atoms with Crippen LogP contribution in [0.25, 0.3) is 33.9 Å². The first kappa shape index (κ1) is 37.6. The molecule has 0 radical (unpaired) electrons. The van der Waals surface area contributed by atoms with Crippen molar-refractivity contribution in [2.45, 2.75) is 20.8 Å². The molecule has 0 amide bonds. The van der Waals surface area contributed by atoms with E-state index in [0.717, 1.165) is 31.3 Å². The lowest BCUT2D eigenvalue weighted by atomic mass is 10.1. The number of aromatic nitrogens is 4. The van der Waals surface area contributed by atoms with Gasteiger partial charge >= 0.3 is 11.9 Å². The molecule has 0 spiro atoms. The molecule has 0 saturated carbocycles. The van der Waals surface area contributed by atoms with Crippen LogP contribution in [0.1, 0.15) is 39.0 Å². The van der Waals surface area contributed by atoms with E-state index in [0.29, 0.717) is 42.7 Å². The van der Waals surface area contributed by atoms with E-state index in [4.69, 9.17) is 51.1 Å². The first-order valence-electron chi connectivity index (χ1n) is 14.8. The molecule has 0 aliphatic heterocycles. The summed E-state index contributed by atoms with van der Waals surface area (Å²) < 4.78 is 10.2. The predicted octanol–water partition coefficient (Wildman–Crippen LogP) is 11.7. The Morgan fingerprint density at radius 2 is 1.08 bits per heavy atom. The van der Waals surface area contributed by atoms with Crippen molar-refractivity contribution in [3.63, 3.8) is 0 Å². The van der Waals surface area contributed by atoms with E-state index in [2.05, 4.69) is 42.1 Å². The molecule has 2 aromatic heterocycles. The third-order valence-electron chi connectivity index (χ3n) is 7.43. The van der Waals surface area contributed by atoms with E-state index in [1.54, 1.807) is 59.6 Å². The van der Waals surface area contributed by atoms with Crippen molar-refractivity contribution in [1.29, 1.82) is 0 Å². The summed E-state index contributed by atoms with van der Waals surface area (Å²) in [4.78, 5) is 23.8. The van der Waals surface area contributed by atoms with Gasteiger partial charge in [-0.05, 0) is 81.4 Å². The quantitative estimate of drug-likeness (QED) is 0.160. The molecule has 4 aromatic carbocycles. The van der Waals surface area contributed by atoms with Gasteiger partial charge < -0.3 is 9.84 Å². The lowest BCUT2D eigenvalue weighted by Gasteiger charge is -2.11. The van der Waals surface area contributed by atoms with Gasteiger partial charge in [-0.1, -0.05) is 103 Å². The van der Waals surface area contributed by atoms with E-state index in [1.807, 2.05) is 55.5 Å². The van der Waals surface area contributed by atoms with Crippen molar-refractivity contribution < 1.29 is 19.4 Å². The lowest BCUT2D eigenvalue weighted by molar-refractivity contribution is 0.0517. The largest absolute Gasteiger partial charge is 0.476 e. The van der Waals surface area contributed by atoms with Crippen molar-refractivity contribution in [3.05, 3.63) is 136 Å². The molecule has 8 nitrogen and oxygen atoms in total. The molecule has 6 rings (SSSR count). The Labute approximate surface area is 324 Å². The number of carboxylic acids is 1. The highest BCUT2D eigenvalue weighted by atomic mass is 79.9. The fraction of sp³-hybridized carbons (Fsp3) is 0.111. The van der Waals surface area contributed by atoms with Gasteiger partial charge in [-0.3, -0.25) is 0 Å². The number of carbonyl (C=O) groups is 2. The van der Waals surface area contributed by atoms with Gasteiger partial charge in [0.05, 0.1) is 39.4 Å². The highest BCUT2D eigenvalue weighted by Gasteiger charge is 2.25. The highest BCUT2D eigenvalue weighted by Crippen LogP contribution is 2.35. The summed E-state index contributed by atoms with van der Waals surface area (Å²) in [6, 6.07) is 25.4. The van der Waals surface area contributed by atoms with Crippen molar-refractivity contribution in [2.75, 3.05) is 6.61 Å². The summed E-state index contributed by atoms with van der Waals surface area (Å²) in [5.74, 6) is -1.55. The number of benzene rings is 4. The molecule has 6 aromatic rings. The van der Waals surface area contributed by atoms with Crippen LogP contribution in [-0.4, -0.2) is 43.2 Å². The fourth-order valence-electron chi connectivity index (χ4n) is 5.14. The van der Waals surface area contributed by atoms with Crippen LogP contribution in [-0.2, 0) is 4.74 Å². The Balaban J connectivity index is 0.000000195. The average Bonchev–Trinajstić information content (AvgIpc) is 3.59. The lowest BCUT2D eigenvalue weighted by Crippen LogP contribution is -2.08. The molecule has 0 aliphatic carbocycles. The van der Waals surface area contributed by atoms with Crippen LogP contribution in [0.2, 0.25) is 20.1 Å². The fourth-order valence-corrected chi connectivity index (χ4v) is 6.64. The minimum Gasteiger partial charge on any atom is -0.476 e. The van der Waals surface area contributed by atoms with Gasteiger partial charge in [-0.25, -0.2) is 19.0 Å². The number of aromatic carboxylic acids is 1. The molecule has 2 heterocycles. The van der Waals surface area contributed by atoms with Crippen LogP contribution in [0.4, 0.5) is 0 Å². The number of nitrogens with zero attached hydrogens (tertiary/aromatic N) is 4. The smallest absolute Gasteiger partial charge is 0.359 e. The minimum absolute atomic E-state index is 0.0149. The van der Waals surface area contributed by atoms with E-state index < -0.39 is 11.9 Å². The second-order valence-electron chi connectivity index (χ2n) is 10.7. The molecule has 0 bridgehead atoms. The zero-order chi connectivity index (χ0) is 36.3. The number of carboxylic acid groups (broad SMARTS) is 1. The van der Waals surface area contributed by atoms with Crippen LogP contribution >= 0.6 is 78.3 Å². The molecule has 0 fully saturated rings.